The number of carbonyl (C=O) groups is 1. The van der Waals surface area contributed by atoms with Crippen molar-refractivity contribution in [3.8, 4) is 0 Å². The molecule has 0 aliphatic rings. The zero-order valence-electron chi connectivity index (χ0n) is 8.39. The molecule has 0 amide bonds. The fourth-order valence-electron chi connectivity index (χ4n) is 0.962. The molecule has 0 bridgehead atoms. The van der Waals surface area contributed by atoms with E-state index in [4.69, 9.17) is 5.11 Å². The molecule has 0 atom stereocenters. The van der Waals surface area contributed by atoms with Crippen LogP contribution in [0.5, 0.6) is 0 Å². The minimum atomic E-state index is -0.534. The van der Waals surface area contributed by atoms with E-state index in [0.717, 1.165) is 19.3 Å². The average Bonchev–Trinajstić information content (AvgIpc) is 2.05. The highest BCUT2D eigenvalue weighted by Crippen LogP contribution is 2.18. The van der Waals surface area contributed by atoms with Gasteiger partial charge >= 0.3 is 0 Å². The highest BCUT2D eigenvalue weighted by Gasteiger charge is 2.25. The average molecular weight is 172 g/mol. The van der Waals surface area contributed by atoms with E-state index in [1.165, 1.54) is 0 Å². The van der Waals surface area contributed by atoms with Gasteiger partial charge in [0, 0.05) is 11.8 Å². The van der Waals surface area contributed by atoms with Gasteiger partial charge < -0.3 is 5.11 Å². The van der Waals surface area contributed by atoms with Gasteiger partial charge in [-0.1, -0.05) is 33.6 Å². The Morgan fingerprint density at radius 1 is 1.33 bits per heavy atom. The van der Waals surface area contributed by atoms with Gasteiger partial charge in [0.05, 0.1) is 6.61 Å². The molecule has 0 aromatic rings. The molecule has 2 heteroatoms. The lowest BCUT2D eigenvalue weighted by Gasteiger charge is -2.19. The third kappa shape index (κ3) is 3.86. The molecule has 0 aliphatic carbocycles. The summed E-state index contributed by atoms with van der Waals surface area (Å²) in [5, 5.41) is 8.90. The van der Waals surface area contributed by atoms with Crippen LogP contribution < -0.4 is 0 Å². The number of unbranched alkanes of at least 4 members (excludes halogenated alkanes) is 2. The molecular formula is C10H20O2. The Hall–Kier alpha value is -0.370. The lowest BCUT2D eigenvalue weighted by molar-refractivity contribution is -0.129. The quantitative estimate of drug-likeness (QED) is 0.623. The fraction of sp³-hybridized carbons (Fsp3) is 0.900. The van der Waals surface area contributed by atoms with Crippen LogP contribution in [0.15, 0.2) is 0 Å². The molecule has 0 aromatic carbocycles. The minimum Gasteiger partial charge on any atom is -0.395 e. The lowest BCUT2D eigenvalue weighted by atomic mass is 9.86. The van der Waals surface area contributed by atoms with Crippen molar-refractivity contribution in [2.45, 2.75) is 46.5 Å². The number of aliphatic hydroxyl groups is 1. The van der Waals surface area contributed by atoms with Gasteiger partial charge in [-0.25, -0.2) is 0 Å². The van der Waals surface area contributed by atoms with Crippen LogP contribution in [-0.4, -0.2) is 17.5 Å². The maximum absolute atomic E-state index is 11.4. The van der Waals surface area contributed by atoms with Crippen LogP contribution in [0.2, 0.25) is 0 Å². The Balaban J connectivity index is 3.72. The second-order valence-corrected chi connectivity index (χ2v) is 3.92. The van der Waals surface area contributed by atoms with E-state index < -0.39 is 5.41 Å². The molecule has 2 nitrogen and oxygen atoms in total. The van der Waals surface area contributed by atoms with Crippen LogP contribution in [0, 0.1) is 5.41 Å². The van der Waals surface area contributed by atoms with Gasteiger partial charge in [-0.05, 0) is 6.42 Å². The van der Waals surface area contributed by atoms with Crippen LogP contribution >= 0.6 is 0 Å². The van der Waals surface area contributed by atoms with E-state index in [9.17, 15) is 4.79 Å². The summed E-state index contributed by atoms with van der Waals surface area (Å²) in [5.41, 5.74) is -0.534. The Bertz CT molecular complexity index is 139. The largest absolute Gasteiger partial charge is 0.395 e. The normalized spacial score (nSPS) is 11.7. The first-order valence-electron chi connectivity index (χ1n) is 4.68. The van der Waals surface area contributed by atoms with E-state index in [1.54, 1.807) is 13.8 Å². The predicted octanol–water partition coefficient (Wildman–Crippen LogP) is 2.15. The van der Waals surface area contributed by atoms with Crippen LogP contribution in [0.1, 0.15) is 46.5 Å². The number of aliphatic hydroxyl groups excluding tert-OH is 1. The topological polar surface area (TPSA) is 37.3 Å². The molecule has 0 saturated carbocycles. The van der Waals surface area contributed by atoms with E-state index in [2.05, 4.69) is 6.92 Å². The summed E-state index contributed by atoms with van der Waals surface area (Å²) in [7, 11) is 0. The summed E-state index contributed by atoms with van der Waals surface area (Å²) >= 11 is 0. The monoisotopic (exact) mass is 172 g/mol. The van der Waals surface area contributed by atoms with Crippen molar-refractivity contribution in [1.29, 1.82) is 0 Å². The van der Waals surface area contributed by atoms with E-state index >= 15 is 0 Å². The molecule has 0 saturated heterocycles. The lowest BCUT2D eigenvalue weighted by Crippen LogP contribution is -2.27. The van der Waals surface area contributed by atoms with Gasteiger partial charge in [0.2, 0.25) is 0 Å². The van der Waals surface area contributed by atoms with Crippen molar-refractivity contribution in [2.75, 3.05) is 6.61 Å². The SMILES string of the molecule is CCCCCC(=O)C(C)(C)CO. The maximum Gasteiger partial charge on any atom is 0.140 e. The number of hydrogen-bond donors (Lipinski definition) is 1. The second kappa shape index (κ2) is 5.31. The summed E-state index contributed by atoms with van der Waals surface area (Å²) < 4.78 is 0. The van der Waals surface area contributed by atoms with Crippen LogP contribution in [0.3, 0.4) is 0 Å². The Kier molecular flexibility index (Phi) is 5.14. The summed E-state index contributed by atoms with van der Waals surface area (Å²) in [4.78, 5) is 11.4. The van der Waals surface area contributed by atoms with Gasteiger partial charge in [0.15, 0.2) is 0 Å². The molecule has 0 heterocycles. The number of Topliss-reactive ketones (excluding diaryl/α,β-unsaturated/α-hetero) is 1. The van der Waals surface area contributed by atoms with Crippen LogP contribution in [0.4, 0.5) is 0 Å². The van der Waals surface area contributed by atoms with Crippen molar-refractivity contribution >= 4 is 5.78 Å². The zero-order valence-corrected chi connectivity index (χ0v) is 8.39. The first kappa shape index (κ1) is 11.6. The third-order valence-corrected chi connectivity index (χ3v) is 2.16. The van der Waals surface area contributed by atoms with Crippen molar-refractivity contribution in [3.63, 3.8) is 0 Å². The molecule has 1 N–H and O–H groups in total. The standard InChI is InChI=1S/C10H20O2/c1-4-5-6-7-9(12)10(2,3)8-11/h11H,4-8H2,1-3H3. The first-order valence-corrected chi connectivity index (χ1v) is 4.68. The number of hydrogen-bond acceptors (Lipinski definition) is 2. The summed E-state index contributed by atoms with van der Waals surface area (Å²) in [6.07, 6.45) is 3.81. The van der Waals surface area contributed by atoms with Crippen LogP contribution in [-0.2, 0) is 4.79 Å². The summed E-state index contributed by atoms with van der Waals surface area (Å²) in [5.74, 6) is 0.179. The number of carbonyl (C=O) groups excluding carboxylic acids is 1. The smallest absolute Gasteiger partial charge is 0.140 e. The van der Waals surface area contributed by atoms with Crippen molar-refractivity contribution in [3.05, 3.63) is 0 Å². The van der Waals surface area contributed by atoms with Crippen LogP contribution in [0.25, 0.3) is 0 Å². The second-order valence-electron chi connectivity index (χ2n) is 3.92. The van der Waals surface area contributed by atoms with Gasteiger partial charge in [-0.3, -0.25) is 4.79 Å². The molecule has 0 rings (SSSR count). The molecule has 0 radical (unpaired) electrons. The van der Waals surface area contributed by atoms with E-state index in [0.29, 0.717) is 6.42 Å². The summed E-state index contributed by atoms with van der Waals surface area (Å²) in [6, 6.07) is 0. The van der Waals surface area contributed by atoms with Gasteiger partial charge in [0.1, 0.15) is 5.78 Å². The van der Waals surface area contributed by atoms with Crippen molar-refractivity contribution < 1.29 is 9.90 Å². The van der Waals surface area contributed by atoms with Gasteiger partial charge in [-0.15, -0.1) is 0 Å². The fourth-order valence-corrected chi connectivity index (χ4v) is 0.962. The molecule has 0 fully saturated rings. The molecule has 12 heavy (non-hydrogen) atoms. The number of rotatable bonds is 6. The third-order valence-electron chi connectivity index (χ3n) is 2.16. The molecular weight excluding hydrogens is 152 g/mol. The summed E-state index contributed by atoms with van der Waals surface area (Å²) in [6.45, 7) is 5.65. The molecule has 0 aromatic heterocycles. The number of ketones is 1. The molecule has 72 valence electrons. The predicted molar refractivity (Wildman–Crippen MR) is 50.0 cm³/mol. The maximum atomic E-state index is 11.4. The van der Waals surface area contributed by atoms with Crippen molar-refractivity contribution in [2.24, 2.45) is 5.41 Å². The molecule has 0 spiro atoms. The van der Waals surface area contributed by atoms with Gasteiger partial charge in [0.25, 0.3) is 0 Å². The van der Waals surface area contributed by atoms with Crippen molar-refractivity contribution in [1.82, 2.24) is 0 Å². The highest BCUT2D eigenvalue weighted by atomic mass is 16.3. The minimum absolute atomic E-state index is 0.0437. The Morgan fingerprint density at radius 2 is 1.92 bits per heavy atom. The zero-order chi connectivity index (χ0) is 9.61. The highest BCUT2D eigenvalue weighted by molar-refractivity contribution is 5.84. The van der Waals surface area contributed by atoms with E-state index in [-0.39, 0.29) is 12.4 Å². The Morgan fingerprint density at radius 3 is 2.33 bits per heavy atom. The van der Waals surface area contributed by atoms with Gasteiger partial charge in [-0.2, -0.15) is 0 Å². The molecule has 0 aliphatic heterocycles. The first-order chi connectivity index (χ1) is 5.54. The molecule has 0 unspecified atom stereocenters. The van der Waals surface area contributed by atoms with E-state index in [1.807, 2.05) is 0 Å². The Labute approximate surface area is 75.0 Å².